The molecule has 0 spiro atoms. The van der Waals surface area contributed by atoms with E-state index >= 15 is 0 Å². The number of fused-ring (bicyclic) bond motifs is 1. The molecule has 3 aromatic rings. The molecule has 1 aliphatic rings. The van der Waals surface area contributed by atoms with Crippen molar-refractivity contribution in [3.8, 4) is 45.8 Å². The summed E-state index contributed by atoms with van der Waals surface area (Å²) in [5.41, 5.74) is -1.60. The number of benzene rings is 2. The Morgan fingerprint density at radius 2 is 1.66 bits per heavy atom. The van der Waals surface area contributed by atoms with Gasteiger partial charge in [0.05, 0.1) is 13.7 Å². The van der Waals surface area contributed by atoms with E-state index in [1.807, 2.05) is 0 Å². The van der Waals surface area contributed by atoms with Gasteiger partial charge in [0.15, 0.2) is 28.6 Å². The first-order valence-electron chi connectivity index (χ1n) is 10.2. The molecule has 1 fully saturated rings. The van der Waals surface area contributed by atoms with Gasteiger partial charge in [0.1, 0.15) is 35.6 Å². The third-order valence-corrected chi connectivity index (χ3v) is 5.58. The molecule has 0 aliphatic carbocycles. The maximum Gasteiger partial charge on any atom is 0.239 e. The highest BCUT2D eigenvalue weighted by atomic mass is 16.7. The number of aliphatic hydroxyl groups excluding tert-OH is 4. The van der Waals surface area contributed by atoms with E-state index in [0.717, 1.165) is 18.2 Å². The van der Waals surface area contributed by atoms with E-state index in [1.165, 1.54) is 13.2 Å². The summed E-state index contributed by atoms with van der Waals surface area (Å²) in [7, 11) is 1.20. The van der Waals surface area contributed by atoms with E-state index in [9.17, 15) is 45.6 Å². The molecule has 0 unspecified atom stereocenters. The quantitative estimate of drug-likeness (QED) is 0.165. The second kappa shape index (κ2) is 9.13. The van der Waals surface area contributed by atoms with Gasteiger partial charge >= 0.3 is 0 Å². The van der Waals surface area contributed by atoms with Crippen molar-refractivity contribution >= 4 is 11.0 Å². The van der Waals surface area contributed by atoms with Crippen LogP contribution in [0.4, 0.5) is 0 Å². The second-order valence-electron chi connectivity index (χ2n) is 7.76. The lowest BCUT2D eigenvalue weighted by atomic mass is 9.99. The molecule has 35 heavy (non-hydrogen) atoms. The lowest BCUT2D eigenvalue weighted by molar-refractivity contribution is -0.277. The highest BCUT2D eigenvalue weighted by Gasteiger charge is 2.45. The Bertz CT molecular complexity index is 1320. The Morgan fingerprint density at radius 3 is 2.29 bits per heavy atom. The third-order valence-electron chi connectivity index (χ3n) is 5.58. The number of rotatable bonds is 5. The molecule has 13 nitrogen and oxygen atoms in total. The van der Waals surface area contributed by atoms with E-state index in [2.05, 4.69) is 0 Å². The third kappa shape index (κ3) is 4.05. The number of ether oxygens (including phenoxy) is 3. The van der Waals surface area contributed by atoms with Crippen molar-refractivity contribution in [1.82, 2.24) is 0 Å². The summed E-state index contributed by atoms with van der Waals surface area (Å²) in [6.45, 7) is -0.760. The SMILES string of the molecule is COc1cc(O)c2c(=O)c(O[C@@H]3O[C@H](CO)[C@H](O)[C@H](O)[C@@H]3O)c(-c3ccc(O)c(O)c3)oc2c1O. The molecule has 188 valence electrons. The van der Waals surface area contributed by atoms with Crippen molar-refractivity contribution in [2.24, 2.45) is 0 Å². The summed E-state index contributed by atoms with van der Waals surface area (Å²) in [5.74, 6) is -3.72. The minimum absolute atomic E-state index is 0.0411. The van der Waals surface area contributed by atoms with E-state index in [1.54, 1.807) is 0 Å². The van der Waals surface area contributed by atoms with Crippen LogP contribution in [0.1, 0.15) is 0 Å². The van der Waals surface area contributed by atoms with E-state index in [4.69, 9.17) is 18.6 Å². The molecular weight excluding hydrogens is 472 g/mol. The van der Waals surface area contributed by atoms with Gasteiger partial charge in [0.2, 0.25) is 23.2 Å². The highest BCUT2D eigenvalue weighted by molar-refractivity contribution is 5.93. The fourth-order valence-electron chi connectivity index (χ4n) is 3.69. The Morgan fingerprint density at radius 1 is 0.943 bits per heavy atom. The van der Waals surface area contributed by atoms with Crippen LogP contribution in [-0.4, -0.2) is 85.3 Å². The average Bonchev–Trinajstić information content (AvgIpc) is 2.84. The topological polar surface area (TPSA) is 220 Å². The fourth-order valence-corrected chi connectivity index (χ4v) is 3.69. The largest absolute Gasteiger partial charge is 0.507 e. The summed E-state index contributed by atoms with van der Waals surface area (Å²) in [6.07, 6.45) is -8.55. The van der Waals surface area contributed by atoms with Crippen LogP contribution >= 0.6 is 0 Å². The first-order chi connectivity index (χ1) is 16.6. The van der Waals surface area contributed by atoms with Gasteiger partial charge in [-0.15, -0.1) is 0 Å². The molecule has 5 atom stereocenters. The Labute approximate surface area is 195 Å². The van der Waals surface area contributed by atoms with Crippen LogP contribution in [0.15, 0.2) is 33.5 Å². The monoisotopic (exact) mass is 494 g/mol. The maximum absolute atomic E-state index is 13.4. The van der Waals surface area contributed by atoms with Crippen LogP contribution < -0.4 is 14.9 Å². The number of methoxy groups -OCH3 is 1. The van der Waals surface area contributed by atoms with Crippen LogP contribution in [-0.2, 0) is 4.74 Å². The normalized spacial score (nSPS) is 24.4. The molecule has 4 rings (SSSR count). The van der Waals surface area contributed by atoms with E-state index < -0.39 is 88.2 Å². The Balaban J connectivity index is 1.96. The molecule has 13 heteroatoms. The average molecular weight is 494 g/mol. The van der Waals surface area contributed by atoms with Gasteiger partial charge in [-0.2, -0.15) is 0 Å². The van der Waals surface area contributed by atoms with Gasteiger partial charge in [-0.3, -0.25) is 4.79 Å². The Hall–Kier alpha value is -3.75. The number of aromatic hydroxyl groups is 4. The fraction of sp³-hybridized carbons (Fsp3) is 0.318. The van der Waals surface area contributed by atoms with Crippen molar-refractivity contribution in [2.45, 2.75) is 30.7 Å². The Kier molecular flexibility index (Phi) is 6.36. The zero-order valence-electron chi connectivity index (χ0n) is 18.0. The number of aliphatic hydroxyl groups is 4. The summed E-state index contributed by atoms with van der Waals surface area (Å²) in [6, 6.07) is 4.28. The van der Waals surface area contributed by atoms with Crippen LogP contribution in [0.2, 0.25) is 0 Å². The molecule has 0 bridgehead atoms. The first kappa shape index (κ1) is 24.4. The molecule has 1 aliphatic heterocycles. The molecule has 0 saturated carbocycles. The molecule has 1 aromatic heterocycles. The van der Waals surface area contributed by atoms with Crippen molar-refractivity contribution in [1.29, 1.82) is 0 Å². The molecule has 8 N–H and O–H groups in total. The lowest BCUT2D eigenvalue weighted by Gasteiger charge is -2.39. The molecular formula is C22H22O13. The smallest absolute Gasteiger partial charge is 0.239 e. The van der Waals surface area contributed by atoms with Crippen molar-refractivity contribution in [3.05, 3.63) is 34.5 Å². The van der Waals surface area contributed by atoms with Gasteiger partial charge in [-0.25, -0.2) is 0 Å². The number of hydrogen-bond donors (Lipinski definition) is 8. The van der Waals surface area contributed by atoms with Crippen LogP contribution in [0.3, 0.4) is 0 Å². The zero-order valence-corrected chi connectivity index (χ0v) is 18.0. The summed E-state index contributed by atoms with van der Waals surface area (Å²) in [5, 5.41) is 79.8. The van der Waals surface area contributed by atoms with Crippen LogP contribution in [0.5, 0.6) is 34.5 Å². The van der Waals surface area contributed by atoms with Gasteiger partial charge in [0, 0.05) is 11.6 Å². The van der Waals surface area contributed by atoms with E-state index in [0.29, 0.717) is 0 Å². The zero-order chi connectivity index (χ0) is 25.6. The second-order valence-corrected chi connectivity index (χ2v) is 7.76. The summed E-state index contributed by atoms with van der Waals surface area (Å²) in [4.78, 5) is 13.4. The standard InChI is InChI=1S/C22H22O13/c1-32-11-5-10(26)13-16(29)21(35-22-18(31)17(30)14(27)12(6-23)33-22)19(34-20(13)15(11)28)7-2-3-8(24)9(25)4-7/h2-5,12,14,17-18,22-28,30-31H,6H2,1H3/t12-,14+,17+,18+,22+/m1/s1. The number of hydrogen-bond acceptors (Lipinski definition) is 13. The summed E-state index contributed by atoms with van der Waals surface area (Å²) >= 11 is 0. The number of phenols is 4. The maximum atomic E-state index is 13.4. The molecule has 0 radical (unpaired) electrons. The van der Waals surface area contributed by atoms with Gasteiger partial charge in [-0.05, 0) is 18.2 Å². The van der Waals surface area contributed by atoms with Crippen LogP contribution in [0, 0.1) is 0 Å². The number of phenolic OH excluding ortho intramolecular Hbond substituents is 4. The molecule has 1 saturated heterocycles. The highest BCUT2D eigenvalue weighted by Crippen LogP contribution is 2.44. The molecule has 2 heterocycles. The predicted octanol–water partition coefficient (Wildman–Crippen LogP) is -0.530. The van der Waals surface area contributed by atoms with Crippen LogP contribution in [0.25, 0.3) is 22.3 Å². The minimum atomic E-state index is -1.89. The lowest BCUT2D eigenvalue weighted by Crippen LogP contribution is -2.60. The molecule has 2 aromatic carbocycles. The van der Waals surface area contributed by atoms with Gasteiger partial charge in [-0.1, -0.05) is 0 Å². The van der Waals surface area contributed by atoms with Crippen molar-refractivity contribution in [3.63, 3.8) is 0 Å². The van der Waals surface area contributed by atoms with Gasteiger partial charge < -0.3 is 59.5 Å². The summed E-state index contributed by atoms with van der Waals surface area (Å²) < 4.78 is 21.5. The van der Waals surface area contributed by atoms with Crippen molar-refractivity contribution < 1.29 is 59.5 Å². The van der Waals surface area contributed by atoms with Gasteiger partial charge in [0.25, 0.3) is 0 Å². The van der Waals surface area contributed by atoms with Crippen molar-refractivity contribution in [2.75, 3.05) is 13.7 Å². The van der Waals surface area contributed by atoms with E-state index in [-0.39, 0.29) is 11.3 Å². The minimum Gasteiger partial charge on any atom is -0.507 e. The first-order valence-corrected chi connectivity index (χ1v) is 10.2. The predicted molar refractivity (Wildman–Crippen MR) is 116 cm³/mol. The molecule has 0 amide bonds.